The smallest absolute Gasteiger partial charge is 0.261 e. The fourth-order valence-electron chi connectivity index (χ4n) is 2.31. The normalized spacial score (nSPS) is 11.0. The van der Waals surface area contributed by atoms with Crippen LogP contribution >= 0.6 is 23.4 Å². The predicted octanol–water partition coefficient (Wildman–Crippen LogP) is 3.13. The Hall–Kier alpha value is -1.57. The minimum Gasteiger partial charge on any atom is -0.290 e. The first-order chi connectivity index (χ1) is 11.5. The molecule has 2 N–H and O–H groups in total. The van der Waals surface area contributed by atoms with Crippen molar-refractivity contribution in [3.63, 3.8) is 0 Å². The lowest BCUT2D eigenvalue weighted by Gasteiger charge is -2.08. The number of hydrogen-bond acceptors (Lipinski definition) is 5. The molecule has 0 aliphatic heterocycles. The van der Waals surface area contributed by atoms with Crippen LogP contribution in [0.4, 0.5) is 0 Å². The zero-order valence-electron chi connectivity index (χ0n) is 13.4. The van der Waals surface area contributed by atoms with Crippen molar-refractivity contribution in [2.24, 2.45) is 7.05 Å². The highest BCUT2D eigenvalue weighted by Crippen LogP contribution is 2.20. The lowest BCUT2D eigenvalue weighted by atomic mass is 10.1. The molecule has 0 unspecified atom stereocenters. The van der Waals surface area contributed by atoms with Gasteiger partial charge in [-0.1, -0.05) is 36.2 Å². The third kappa shape index (κ3) is 4.96. The number of benzene rings is 1. The molecule has 1 heterocycles. The second-order valence-electron chi connectivity index (χ2n) is 5.47. The van der Waals surface area contributed by atoms with Crippen molar-refractivity contribution in [1.82, 2.24) is 15.0 Å². The number of rotatable bonds is 8. The van der Waals surface area contributed by atoms with Gasteiger partial charge in [0.1, 0.15) is 0 Å². The van der Waals surface area contributed by atoms with Gasteiger partial charge in [-0.25, -0.2) is 10.5 Å². The number of carbonyl (C=O) groups excluding carboxylic acids is 1. The van der Waals surface area contributed by atoms with Gasteiger partial charge >= 0.3 is 0 Å². The third-order valence-electron chi connectivity index (χ3n) is 3.65. The number of hydrogen-bond donors (Lipinski definition) is 2. The second kappa shape index (κ2) is 9.05. The van der Waals surface area contributed by atoms with Crippen LogP contribution in [0.2, 0.25) is 5.02 Å². The number of unbranched alkanes of at least 4 members (excludes halogenated alkanes) is 3. The largest absolute Gasteiger partial charge is 0.290 e. The average Bonchev–Trinajstić information content (AvgIpc) is 2.58. The average molecular weight is 370 g/mol. The van der Waals surface area contributed by atoms with Crippen LogP contribution in [-0.2, 0) is 11.8 Å². The summed E-state index contributed by atoms with van der Waals surface area (Å²) in [5.41, 5.74) is 2.18. The highest BCUT2D eigenvalue weighted by atomic mass is 35.5. The summed E-state index contributed by atoms with van der Waals surface area (Å²) in [6.45, 7) is 0. The van der Waals surface area contributed by atoms with Crippen molar-refractivity contribution < 1.29 is 10.0 Å². The van der Waals surface area contributed by atoms with Gasteiger partial charge in [-0.2, -0.15) is 0 Å². The van der Waals surface area contributed by atoms with E-state index in [0.29, 0.717) is 27.5 Å². The van der Waals surface area contributed by atoms with Gasteiger partial charge in [0, 0.05) is 24.2 Å². The van der Waals surface area contributed by atoms with Crippen LogP contribution in [0.3, 0.4) is 0 Å². The zero-order chi connectivity index (χ0) is 17.5. The topological polar surface area (TPSA) is 84.2 Å². The molecule has 0 aliphatic carbocycles. The summed E-state index contributed by atoms with van der Waals surface area (Å²) in [6.07, 6.45) is 3.98. The quantitative estimate of drug-likeness (QED) is 0.245. The summed E-state index contributed by atoms with van der Waals surface area (Å²) in [5, 5.41) is 10.1. The number of amides is 1. The monoisotopic (exact) mass is 369 g/mol. The maximum absolute atomic E-state index is 12.4. The van der Waals surface area contributed by atoms with Crippen molar-refractivity contribution in [1.29, 1.82) is 0 Å². The number of fused-ring (bicyclic) bond motifs is 1. The molecule has 130 valence electrons. The maximum Gasteiger partial charge on any atom is 0.261 e. The molecule has 24 heavy (non-hydrogen) atoms. The molecule has 0 saturated heterocycles. The van der Waals surface area contributed by atoms with Gasteiger partial charge in [0.05, 0.1) is 10.9 Å². The molecule has 8 heteroatoms. The molecular weight excluding hydrogens is 350 g/mol. The van der Waals surface area contributed by atoms with Crippen LogP contribution < -0.4 is 11.0 Å². The lowest BCUT2D eigenvalue weighted by Crippen LogP contribution is -2.20. The molecule has 1 amide bonds. The molecule has 0 bridgehead atoms. The van der Waals surface area contributed by atoms with Gasteiger partial charge in [0.15, 0.2) is 5.16 Å². The molecular formula is C16H20ClN3O3S. The van der Waals surface area contributed by atoms with Crippen molar-refractivity contribution in [3.05, 3.63) is 33.6 Å². The van der Waals surface area contributed by atoms with E-state index >= 15 is 0 Å². The van der Waals surface area contributed by atoms with E-state index in [1.54, 1.807) is 47.1 Å². The Kier molecular flexibility index (Phi) is 7.08. The van der Waals surface area contributed by atoms with Crippen LogP contribution in [0, 0.1) is 0 Å². The minimum atomic E-state index is -0.347. The summed E-state index contributed by atoms with van der Waals surface area (Å²) >= 11 is 7.48. The molecule has 2 aromatic rings. The van der Waals surface area contributed by atoms with Gasteiger partial charge in [-0.15, -0.1) is 0 Å². The van der Waals surface area contributed by atoms with Crippen LogP contribution in [0.15, 0.2) is 28.2 Å². The lowest BCUT2D eigenvalue weighted by molar-refractivity contribution is -0.129. The number of halogens is 1. The Bertz CT molecular complexity index is 779. The summed E-state index contributed by atoms with van der Waals surface area (Å²) < 4.78 is 1.55. The Morgan fingerprint density at radius 1 is 1.33 bits per heavy atom. The Morgan fingerprint density at radius 3 is 2.83 bits per heavy atom. The fourth-order valence-corrected chi connectivity index (χ4v) is 3.45. The van der Waals surface area contributed by atoms with E-state index in [-0.39, 0.29) is 11.5 Å². The molecule has 6 nitrogen and oxygen atoms in total. The van der Waals surface area contributed by atoms with Crippen LogP contribution in [0.1, 0.15) is 32.1 Å². The maximum atomic E-state index is 12.4. The van der Waals surface area contributed by atoms with Crippen LogP contribution in [0.25, 0.3) is 10.9 Å². The first-order valence-electron chi connectivity index (χ1n) is 7.75. The molecule has 0 saturated carbocycles. The van der Waals surface area contributed by atoms with Crippen molar-refractivity contribution in [2.45, 2.75) is 37.3 Å². The van der Waals surface area contributed by atoms with Crippen LogP contribution in [-0.4, -0.2) is 26.4 Å². The van der Waals surface area contributed by atoms with Gasteiger partial charge in [0.2, 0.25) is 5.91 Å². The Morgan fingerprint density at radius 2 is 2.08 bits per heavy atom. The van der Waals surface area contributed by atoms with Crippen molar-refractivity contribution in [3.8, 4) is 0 Å². The van der Waals surface area contributed by atoms with Gasteiger partial charge in [-0.3, -0.25) is 19.4 Å². The molecule has 1 aromatic carbocycles. The van der Waals surface area contributed by atoms with Crippen LogP contribution in [0.5, 0.6) is 0 Å². The van der Waals surface area contributed by atoms with Crippen molar-refractivity contribution in [2.75, 3.05) is 5.75 Å². The summed E-state index contributed by atoms with van der Waals surface area (Å²) in [5.74, 6) is 0.505. The summed E-state index contributed by atoms with van der Waals surface area (Å²) in [6, 6.07) is 5.13. The SMILES string of the molecule is Cn1c(SCCCCCCC(=O)NO)nc2ccc(Cl)cc2c1=O. The first-order valence-corrected chi connectivity index (χ1v) is 9.11. The second-order valence-corrected chi connectivity index (χ2v) is 6.97. The van der Waals surface area contributed by atoms with E-state index in [2.05, 4.69) is 4.98 Å². The van der Waals surface area contributed by atoms with Crippen molar-refractivity contribution >= 4 is 40.2 Å². The number of nitrogens with one attached hydrogen (secondary N) is 1. The molecule has 0 radical (unpaired) electrons. The Labute approximate surface area is 149 Å². The molecule has 0 atom stereocenters. The van der Waals surface area contributed by atoms with E-state index < -0.39 is 0 Å². The molecule has 1 aromatic heterocycles. The number of carbonyl (C=O) groups is 1. The number of nitrogens with zero attached hydrogens (tertiary/aromatic N) is 2. The third-order valence-corrected chi connectivity index (χ3v) is 5.00. The zero-order valence-corrected chi connectivity index (χ0v) is 15.0. The predicted molar refractivity (Wildman–Crippen MR) is 95.7 cm³/mol. The first kappa shape index (κ1) is 18.8. The van der Waals surface area contributed by atoms with Gasteiger partial charge in [0.25, 0.3) is 5.56 Å². The highest BCUT2D eigenvalue weighted by molar-refractivity contribution is 7.99. The minimum absolute atomic E-state index is 0.0972. The standard InChI is InChI=1S/C16H20ClN3O3S/c1-20-15(22)12-10-11(17)7-8-13(12)18-16(20)24-9-5-3-2-4-6-14(21)19-23/h7-8,10,23H,2-6,9H2,1H3,(H,19,21). The van der Waals surface area contributed by atoms with E-state index in [9.17, 15) is 9.59 Å². The van der Waals surface area contributed by atoms with Gasteiger partial charge in [-0.05, 0) is 31.0 Å². The molecule has 0 aliphatic rings. The van der Waals surface area contributed by atoms with E-state index in [1.807, 2.05) is 0 Å². The summed E-state index contributed by atoms with van der Waals surface area (Å²) in [4.78, 5) is 27.8. The van der Waals surface area contributed by atoms with E-state index in [0.717, 1.165) is 31.4 Å². The number of thioether (sulfide) groups is 1. The Balaban J connectivity index is 1.87. The molecule has 0 fully saturated rings. The van der Waals surface area contributed by atoms with Gasteiger partial charge < -0.3 is 0 Å². The molecule has 0 spiro atoms. The van der Waals surface area contributed by atoms with E-state index in [4.69, 9.17) is 16.8 Å². The number of aromatic nitrogens is 2. The van der Waals surface area contributed by atoms with E-state index in [1.165, 1.54) is 0 Å². The summed E-state index contributed by atoms with van der Waals surface area (Å²) in [7, 11) is 1.71. The number of hydroxylamine groups is 1. The highest BCUT2D eigenvalue weighted by Gasteiger charge is 2.09. The molecule has 2 rings (SSSR count). The fraction of sp³-hybridized carbons (Fsp3) is 0.438.